The summed E-state index contributed by atoms with van der Waals surface area (Å²) >= 11 is 6.76. The predicted molar refractivity (Wildman–Crippen MR) is 124 cm³/mol. The number of ether oxygens (including phenoxy) is 2. The Labute approximate surface area is 194 Å². The van der Waals surface area contributed by atoms with Crippen molar-refractivity contribution < 1.29 is 19.4 Å². The van der Waals surface area contributed by atoms with Crippen LogP contribution >= 0.6 is 31.9 Å². The molecule has 0 saturated carbocycles. The maximum absolute atomic E-state index is 13.0. The summed E-state index contributed by atoms with van der Waals surface area (Å²) in [6.45, 7) is 3.32. The minimum atomic E-state index is -1.10. The van der Waals surface area contributed by atoms with Gasteiger partial charge in [0.2, 0.25) is 0 Å². The third-order valence-electron chi connectivity index (χ3n) is 4.41. The number of fused-ring (bicyclic) bond motifs is 1. The number of rotatable bonds is 7. The van der Waals surface area contributed by atoms with Gasteiger partial charge in [-0.25, -0.2) is 9.78 Å². The Hall–Kier alpha value is -2.72. The molecule has 2 aromatic carbocycles. The van der Waals surface area contributed by atoms with Gasteiger partial charge in [0, 0.05) is 10.9 Å². The number of halogens is 2. The number of nitrogens with zero attached hydrogens (tertiary/aromatic N) is 3. The van der Waals surface area contributed by atoms with E-state index in [9.17, 15) is 9.59 Å². The molecule has 0 unspecified atom stereocenters. The number of aryl methyl sites for hydroxylation is 1. The van der Waals surface area contributed by atoms with E-state index in [1.165, 1.54) is 24.9 Å². The number of aromatic nitrogens is 2. The second kappa shape index (κ2) is 9.61. The first-order valence-corrected chi connectivity index (χ1v) is 10.9. The zero-order chi connectivity index (χ0) is 22.7. The van der Waals surface area contributed by atoms with E-state index < -0.39 is 12.1 Å². The van der Waals surface area contributed by atoms with E-state index in [1.807, 2.05) is 13.0 Å². The van der Waals surface area contributed by atoms with Crippen LogP contribution in [0.25, 0.3) is 10.9 Å². The first-order valence-electron chi connectivity index (χ1n) is 9.27. The van der Waals surface area contributed by atoms with E-state index in [2.05, 4.69) is 41.9 Å². The number of carboxylic acid groups (broad SMARTS) is 1. The van der Waals surface area contributed by atoms with Crippen LogP contribution in [0, 0.1) is 0 Å². The fourth-order valence-corrected chi connectivity index (χ4v) is 3.74. The highest BCUT2D eigenvalue weighted by Crippen LogP contribution is 2.37. The average molecular weight is 553 g/mol. The van der Waals surface area contributed by atoms with Gasteiger partial charge in [-0.3, -0.25) is 4.79 Å². The van der Waals surface area contributed by atoms with Crippen molar-refractivity contribution in [1.82, 2.24) is 9.66 Å². The molecule has 0 saturated heterocycles. The van der Waals surface area contributed by atoms with Crippen LogP contribution in [-0.4, -0.2) is 40.2 Å². The number of aliphatic carboxylic acids is 1. The highest BCUT2D eigenvalue weighted by molar-refractivity contribution is 9.10. The Bertz CT molecular complexity index is 1240. The van der Waals surface area contributed by atoms with Gasteiger partial charge in [0.05, 0.1) is 28.7 Å². The van der Waals surface area contributed by atoms with E-state index in [-0.39, 0.29) is 11.3 Å². The van der Waals surface area contributed by atoms with Crippen LogP contribution in [0.4, 0.5) is 0 Å². The van der Waals surface area contributed by atoms with Crippen molar-refractivity contribution in [2.75, 3.05) is 7.11 Å². The monoisotopic (exact) mass is 551 g/mol. The van der Waals surface area contributed by atoms with Gasteiger partial charge in [0.25, 0.3) is 5.56 Å². The van der Waals surface area contributed by atoms with Gasteiger partial charge >= 0.3 is 5.97 Å². The van der Waals surface area contributed by atoms with Crippen LogP contribution in [0.2, 0.25) is 0 Å². The van der Waals surface area contributed by atoms with Crippen molar-refractivity contribution in [3.8, 4) is 11.5 Å². The predicted octanol–water partition coefficient (Wildman–Crippen LogP) is 4.23. The lowest BCUT2D eigenvalue weighted by molar-refractivity contribution is -0.144. The maximum Gasteiger partial charge on any atom is 0.344 e. The molecule has 10 heteroatoms. The van der Waals surface area contributed by atoms with Crippen molar-refractivity contribution >= 4 is 54.9 Å². The molecule has 8 nitrogen and oxygen atoms in total. The molecule has 1 heterocycles. The third kappa shape index (κ3) is 4.96. The van der Waals surface area contributed by atoms with Gasteiger partial charge in [-0.2, -0.15) is 9.78 Å². The maximum atomic E-state index is 13.0. The first-order chi connectivity index (χ1) is 14.7. The largest absolute Gasteiger partial charge is 0.493 e. The fourth-order valence-electron chi connectivity index (χ4n) is 2.82. The number of carboxylic acids is 1. The molecule has 31 heavy (non-hydrogen) atoms. The zero-order valence-electron chi connectivity index (χ0n) is 16.9. The molecule has 3 rings (SSSR count). The standard InChI is InChI=1S/C21H19Br2N3O5/c1-4-18-25-16-6-5-13(22)9-14(16)20(27)26(18)24-10-12-7-15(23)19(17(8-12)30-3)31-11(2)21(28)29/h5-11H,4H2,1-3H3,(H,28,29)/t11-/m1/s1. The molecule has 0 spiro atoms. The molecule has 0 radical (unpaired) electrons. The Morgan fingerprint density at radius 2 is 2.06 bits per heavy atom. The number of benzene rings is 2. The molecule has 1 N–H and O–H groups in total. The van der Waals surface area contributed by atoms with Gasteiger partial charge in [0.1, 0.15) is 5.82 Å². The molecule has 0 aliphatic rings. The van der Waals surface area contributed by atoms with E-state index >= 15 is 0 Å². The smallest absolute Gasteiger partial charge is 0.344 e. The average Bonchev–Trinajstić information content (AvgIpc) is 2.74. The van der Waals surface area contributed by atoms with E-state index in [4.69, 9.17) is 14.6 Å². The van der Waals surface area contributed by atoms with Crippen LogP contribution in [0.3, 0.4) is 0 Å². The minimum Gasteiger partial charge on any atom is -0.493 e. The van der Waals surface area contributed by atoms with Crippen molar-refractivity contribution in [3.63, 3.8) is 0 Å². The molecular formula is C21H19Br2N3O5. The van der Waals surface area contributed by atoms with Gasteiger partial charge in [0.15, 0.2) is 17.6 Å². The van der Waals surface area contributed by atoms with E-state index in [1.54, 1.807) is 24.3 Å². The molecule has 0 aliphatic carbocycles. The zero-order valence-corrected chi connectivity index (χ0v) is 20.1. The Kier molecular flexibility index (Phi) is 7.11. The Morgan fingerprint density at radius 1 is 1.32 bits per heavy atom. The van der Waals surface area contributed by atoms with Gasteiger partial charge in [-0.15, -0.1) is 0 Å². The molecule has 0 amide bonds. The molecular weight excluding hydrogens is 534 g/mol. The van der Waals surface area contributed by atoms with Crippen LogP contribution in [0.1, 0.15) is 25.2 Å². The summed E-state index contributed by atoms with van der Waals surface area (Å²) in [5.41, 5.74) is 0.943. The van der Waals surface area contributed by atoms with Crippen LogP contribution in [0.15, 0.2) is 49.2 Å². The summed E-state index contributed by atoms with van der Waals surface area (Å²) in [5, 5.41) is 13.9. The Morgan fingerprint density at radius 3 is 2.71 bits per heavy atom. The van der Waals surface area contributed by atoms with E-state index in [0.29, 0.717) is 38.9 Å². The third-order valence-corrected chi connectivity index (χ3v) is 5.49. The van der Waals surface area contributed by atoms with Crippen molar-refractivity contribution in [3.05, 3.63) is 61.0 Å². The number of carbonyl (C=O) groups is 1. The number of hydrogen-bond acceptors (Lipinski definition) is 6. The highest BCUT2D eigenvalue weighted by atomic mass is 79.9. The molecule has 1 aromatic heterocycles. The quantitative estimate of drug-likeness (QED) is 0.440. The van der Waals surface area contributed by atoms with Crippen molar-refractivity contribution in [1.29, 1.82) is 0 Å². The van der Waals surface area contributed by atoms with E-state index in [0.717, 1.165) is 4.47 Å². The summed E-state index contributed by atoms with van der Waals surface area (Å²) < 4.78 is 13.4. The van der Waals surface area contributed by atoms with Crippen molar-refractivity contribution in [2.45, 2.75) is 26.4 Å². The molecule has 0 aliphatic heterocycles. The SMILES string of the molecule is CCc1nc2ccc(Br)cc2c(=O)n1N=Cc1cc(Br)c(O[C@H](C)C(=O)O)c(OC)c1. The summed E-state index contributed by atoms with van der Waals surface area (Å²) in [6.07, 6.45) is 0.966. The summed E-state index contributed by atoms with van der Waals surface area (Å²) in [7, 11) is 1.45. The minimum absolute atomic E-state index is 0.262. The van der Waals surface area contributed by atoms with Crippen LogP contribution in [0.5, 0.6) is 11.5 Å². The summed E-state index contributed by atoms with van der Waals surface area (Å²) in [4.78, 5) is 28.6. The Balaban J connectivity index is 2.04. The van der Waals surface area contributed by atoms with Gasteiger partial charge in [-0.05, 0) is 58.7 Å². The molecule has 0 fully saturated rings. The lowest BCUT2D eigenvalue weighted by Crippen LogP contribution is -2.23. The fraction of sp³-hybridized carbons (Fsp3) is 0.238. The van der Waals surface area contributed by atoms with Crippen LogP contribution < -0.4 is 15.0 Å². The molecule has 1 atom stereocenters. The van der Waals surface area contributed by atoms with Crippen LogP contribution in [-0.2, 0) is 11.2 Å². The molecule has 162 valence electrons. The summed E-state index contributed by atoms with van der Waals surface area (Å²) in [5.74, 6) is 0.0181. The second-order valence-electron chi connectivity index (χ2n) is 6.54. The summed E-state index contributed by atoms with van der Waals surface area (Å²) in [6, 6.07) is 8.66. The number of methoxy groups -OCH3 is 1. The number of hydrogen-bond donors (Lipinski definition) is 1. The highest BCUT2D eigenvalue weighted by Gasteiger charge is 2.19. The van der Waals surface area contributed by atoms with Crippen molar-refractivity contribution in [2.24, 2.45) is 5.10 Å². The van der Waals surface area contributed by atoms with Gasteiger partial charge in [-0.1, -0.05) is 22.9 Å². The lowest BCUT2D eigenvalue weighted by atomic mass is 10.2. The normalized spacial score (nSPS) is 12.3. The molecule has 0 bridgehead atoms. The first kappa shape index (κ1) is 23.0. The lowest BCUT2D eigenvalue weighted by Gasteiger charge is -2.16. The molecule has 3 aromatic rings. The second-order valence-corrected chi connectivity index (χ2v) is 8.31. The topological polar surface area (TPSA) is 103 Å². The van der Waals surface area contributed by atoms with Gasteiger partial charge < -0.3 is 14.6 Å².